The minimum atomic E-state index is -3.73. The summed E-state index contributed by atoms with van der Waals surface area (Å²) in [7, 11) is -3.73. The summed E-state index contributed by atoms with van der Waals surface area (Å²) in [6.07, 6.45) is 2.20. The van der Waals surface area contributed by atoms with Gasteiger partial charge in [0.05, 0.1) is 23.7 Å². The highest BCUT2D eigenvalue weighted by Gasteiger charge is 2.30. The predicted molar refractivity (Wildman–Crippen MR) is 101 cm³/mol. The molecular formula is C19H26N2O6S. The Morgan fingerprint density at radius 3 is 2.61 bits per heavy atom. The number of hydrogen-bond acceptors (Lipinski definition) is 6. The van der Waals surface area contributed by atoms with Crippen LogP contribution in [-0.2, 0) is 24.3 Å². The second kappa shape index (κ2) is 8.59. The second-order valence-corrected chi connectivity index (χ2v) is 9.17. The molecule has 2 aliphatic rings. The summed E-state index contributed by atoms with van der Waals surface area (Å²) in [4.78, 5) is 24.3. The van der Waals surface area contributed by atoms with E-state index in [9.17, 15) is 18.0 Å². The van der Waals surface area contributed by atoms with E-state index in [1.54, 1.807) is 13.0 Å². The minimum absolute atomic E-state index is 0.0654. The van der Waals surface area contributed by atoms with E-state index in [-0.39, 0.29) is 35.5 Å². The van der Waals surface area contributed by atoms with Crippen molar-refractivity contribution in [2.24, 2.45) is 5.92 Å². The van der Waals surface area contributed by atoms with Crippen molar-refractivity contribution < 1.29 is 27.5 Å². The predicted octanol–water partition coefficient (Wildman–Crippen LogP) is 1.09. The third-order valence-corrected chi connectivity index (χ3v) is 7.10. The molecular weight excluding hydrogens is 384 g/mol. The Balaban J connectivity index is 1.66. The van der Waals surface area contributed by atoms with Crippen molar-refractivity contribution in [2.75, 3.05) is 32.9 Å². The van der Waals surface area contributed by atoms with E-state index in [0.717, 1.165) is 12.8 Å². The molecule has 154 valence electrons. The average Bonchev–Trinajstić information content (AvgIpc) is 3.52. The fourth-order valence-electron chi connectivity index (χ4n) is 3.16. The van der Waals surface area contributed by atoms with Gasteiger partial charge >= 0.3 is 5.97 Å². The molecule has 3 rings (SSSR count). The quantitative estimate of drug-likeness (QED) is 0.675. The Hall–Kier alpha value is -1.97. The maximum atomic E-state index is 12.9. The van der Waals surface area contributed by atoms with E-state index in [1.165, 1.54) is 16.4 Å². The number of aryl methyl sites for hydroxylation is 1. The van der Waals surface area contributed by atoms with Crippen LogP contribution in [0, 0.1) is 12.8 Å². The number of carbonyl (C=O) groups is 2. The Bertz CT molecular complexity index is 844. The summed E-state index contributed by atoms with van der Waals surface area (Å²) >= 11 is 0. The Labute approximate surface area is 165 Å². The number of carbonyl (C=O) groups excluding carboxylic acids is 2. The summed E-state index contributed by atoms with van der Waals surface area (Å²) < 4.78 is 37.4. The molecule has 2 fully saturated rings. The average molecular weight is 410 g/mol. The highest BCUT2D eigenvalue weighted by Crippen LogP contribution is 2.32. The van der Waals surface area contributed by atoms with Gasteiger partial charge in [0.1, 0.15) is 0 Å². The first-order chi connectivity index (χ1) is 13.3. The van der Waals surface area contributed by atoms with E-state index < -0.39 is 22.6 Å². The van der Waals surface area contributed by atoms with Crippen molar-refractivity contribution in [2.45, 2.75) is 37.6 Å². The van der Waals surface area contributed by atoms with Crippen LogP contribution in [0.5, 0.6) is 0 Å². The van der Waals surface area contributed by atoms with Gasteiger partial charge in [-0.1, -0.05) is 6.07 Å². The van der Waals surface area contributed by atoms with Gasteiger partial charge in [0, 0.05) is 19.1 Å². The first-order valence-electron chi connectivity index (χ1n) is 9.44. The van der Waals surface area contributed by atoms with Gasteiger partial charge in [-0.3, -0.25) is 4.79 Å². The number of esters is 1. The lowest BCUT2D eigenvalue weighted by Gasteiger charge is -2.26. The first-order valence-corrected chi connectivity index (χ1v) is 10.9. The zero-order chi connectivity index (χ0) is 20.3. The summed E-state index contributed by atoms with van der Waals surface area (Å²) in [6, 6.07) is 4.45. The van der Waals surface area contributed by atoms with Crippen LogP contribution in [0.15, 0.2) is 23.1 Å². The van der Waals surface area contributed by atoms with Crippen LogP contribution < -0.4 is 5.32 Å². The number of sulfonamides is 1. The molecule has 1 amide bonds. The van der Waals surface area contributed by atoms with Gasteiger partial charge in [0.25, 0.3) is 5.91 Å². The number of morpholine rings is 1. The number of nitrogens with one attached hydrogen (secondary N) is 1. The Morgan fingerprint density at radius 2 is 1.96 bits per heavy atom. The molecule has 0 aromatic heterocycles. The number of amides is 1. The van der Waals surface area contributed by atoms with Crippen molar-refractivity contribution in [1.29, 1.82) is 0 Å². The molecule has 1 aliphatic carbocycles. The van der Waals surface area contributed by atoms with Crippen LogP contribution in [0.25, 0.3) is 0 Å². The number of benzene rings is 1. The van der Waals surface area contributed by atoms with Crippen molar-refractivity contribution in [1.82, 2.24) is 9.62 Å². The molecule has 1 aromatic carbocycles. The molecule has 1 saturated carbocycles. The van der Waals surface area contributed by atoms with E-state index in [0.29, 0.717) is 24.7 Å². The minimum Gasteiger partial charge on any atom is -0.452 e. The topological polar surface area (TPSA) is 102 Å². The maximum absolute atomic E-state index is 12.9. The molecule has 28 heavy (non-hydrogen) atoms. The maximum Gasteiger partial charge on any atom is 0.338 e. The highest BCUT2D eigenvalue weighted by atomic mass is 32.2. The normalized spacial score (nSPS) is 19.1. The third kappa shape index (κ3) is 4.89. The molecule has 1 atom stereocenters. The van der Waals surface area contributed by atoms with Gasteiger partial charge in [0.2, 0.25) is 10.0 Å². The fraction of sp³-hybridized carbons (Fsp3) is 0.579. The zero-order valence-corrected chi connectivity index (χ0v) is 17.0. The lowest BCUT2D eigenvalue weighted by molar-refractivity contribution is -0.124. The third-order valence-electron chi connectivity index (χ3n) is 5.06. The second-order valence-electron chi connectivity index (χ2n) is 7.27. The smallest absolute Gasteiger partial charge is 0.338 e. The Morgan fingerprint density at radius 1 is 1.29 bits per heavy atom. The van der Waals surface area contributed by atoms with Crippen molar-refractivity contribution >= 4 is 21.9 Å². The van der Waals surface area contributed by atoms with Crippen LogP contribution in [0.3, 0.4) is 0 Å². The van der Waals surface area contributed by atoms with Gasteiger partial charge in [-0.2, -0.15) is 4.31 Å². The number of rotatable bonds is 7. The van der Waals surface area contributed by atoms with Crippen LogP contribution in [0.4, 0.5) is 0 Å². The van der Waals surface area contributed by atoms with Gasteiger partial charge < -0.3 is 14.8 Å². The van der Waals surface area contributed by atoms with Gasteiger partial charge in [-0.05, 0) is 50.3 Å². The Kier molecular flexibility index (Phi) is 6.36. The van der Waals surface area contributed by atoms with Gasteiger partial charge in [0.15, 0.2) is 6.61 Å². The lowest BCUT2D eigenvalue weighted by atomic mass is 10.1. The van der Waals surface area contributed by atoms with Crippen LogP contribution in [0.1, 0.15) is 35.7 Å². The lowest BCUT2D eigenvalue weighted by Crippen LogP contribution is -2.40. The molecule has 8 nitrogen and oxygen atoms in total. The van der Waals surface area contributed by atoms with E-state index in [4.69, 9.17) is 9.47 Å². The molecule has 1 aromatic rings. The van der Waals surface area contributed by atoms with Crippen molar-refractivity contribution in [3.8, 4) is 0 Å². The standard InChI is InChI=1S/C19H26N2O6S/c1-13-3-4-16(11-17(13)28(24,25)21-7-9-26-10-8-21)19(23)27-12-18(22)20-14(2)15-5-6-15/h3-4,11,14-15H,5-10,12H2,1-2H3,(H,20,22)/t14-/m0/s1. The number of nitrogens with zero attached hydrogens (tertiary/aromatic N) is 1. The van der Waals surface area contributed by atoms with E-state index in [2.05, 4.69) is 5.32 Å². The SMILES string of the molecule is Cc1ccc(C(=O)OCC(=O)N[C@@H](C)C2CC2)cc1S(=O)(=O)N1CCOCC1. The molecule has 1 heterocycles. The molecule has 0 radical (unpaired) electrons. The summed E-state index contributed by atoms with van der Waals surface area (Å²) in [6.45, 7) is 4.44. The van der Waals surface area contributed by atoms with Crippen LogP contribution in [0.2, 0.25) is 0 Å². The molecule has 9 heteroatoms. The first kappa shape index (κ1) is 20.8. The molecule has 0 unspecified atom stereocenters. The molecule has 1 aliphatic heterocycles. The van der Waals surface area contributed by atoms with E-state index in [1.807, 2.05) is 6.92 Å². The molecule has 1 N–H and O–H groups in total. The number of ether oxygens (including phenoxy) is 2. The van der Waals surface area contributed by atoms with Crippen LogP contribution in [-0.4, -0.2) is 63.6 Å². The summed E-state index contributed by atoms with van der Waals surface area (Å²) in [5.74, 6) is -0.585. The largest absolute Gasteiger partial charge is 0.452 e. The highest BCUT2D eigenvalue weighted by molar-refractivity contribution is 7.89. The molecule has 0 spiro atoms. The van der Waals surface area contributed by atoms with Gasteiger partial charge in [-0.25, -0.2) is 13.2 Å². The molecule has 1 saturated heterocycles. The van der Waals surface area contributed by atoms with Gasteiger partial charge in [-0.15, -0.1) is 0 Å². The zero-order valence-electron chi connectivity index (χ0n) is 16.1. The summed E-state index contributed by atoms with van der Waals surface area (Å²) in [5.41, 5.74) is 0.638. The van der Waals surface area contributed by atoms with Crippen molar-refractivity contribution in [3.05, 3.63) is 29.3 Å². The molecule has 0 bridgehead atoms. The van der Waals surface area contributed by atoms with Crippen molar-refractivity contribution in [3.63, 3.8) is 0 Å². The summed E-state index contributed by atoms with van der Waals surface area (Å²) in [5, 5.41) is 2.81. The van der Waals surface area contributed by atoms with Crippen LogP contribution >= 0.6 is 0 Å². The number of hydrogen-bond donors (Lipinski definition) is 1. The monoisotopic (exact) mass is 410 g/mol. The fourth-order valence-corrected chi connectivity index (χ4v) is 4.81. The van der Waals surface area contributed by atoms with E-state index >= 15 is 0 Å².